The van der Waals surface area contributed by atoms with E-state index >= 15 is 0 Å². The van der Waals surface area contributed by atoms with Crippen LogP contribution in [0.15, 0.2) is 48.5 Å². The Hall–Kier alpha value is -2.39. The first kappa shape index (κ1) is 22.3. The Morgan fingerprint density at radius 1 is 1.07 bits per heavy atom. The zero-order valence-electron chi connectivity index (χ0n) is 16.6. The topological polar surface area (TPSA) is 88.0 Å². The minimum Gasteiger partial charge on any atom is -0.390 e. The van der Waals surface area contributed by atoms with Gasteiger partial charge in [0, 0.05) is 19.9 Å². The van der Waals surface area contributed by atoms with Crippen LogP contribution in [0.4, 0.5) is 8.78 Å². The first-order valence-corrected chi connectivity index (χ1v) is 9.66. The molecule has 3 rings (SSSR count). The van der Waals surface area contributed by atoms with Crippen molar-refractivity contribution in [2.75, 3.05) is 7.05 Å². The lowest BCUT2D eigenvalue weighted by atomic mass is 9.78. The Morgan fingerprint density at radius 3 is 2.47 bits per heavy atom. The molecule has 0 heterocycles. The van der Waals surface area contributed by atoms with Gasteiger partial charge in [-0.2, -0.15) is 0 Å². The molecule has 6 nitrogen and oxygen atoms in total. The number of carbonyl (C=O) groups excluding carboxylic acids is 1. The number of aliphatic hydroxyl groups excluding tert-OH is 2. The molecule has 8 heteroatoms. The highest BCUT2D eigenvalue weighted by Crippen LogP contribution is 2.35. The van der Waals surface area contributed by atoms with E-state index in [1.807, 2.05) is 0 Å². The van der Waals surface area contributed by atoms with E-state index in [4.69, 9.17) is 9.47 Å². The number of benzene rings is 2. The first-order chi connectivity index (χ1) is 14.3. The second kappa shape index (κ2) is 9.61. The number of ether oxygens (including phenoxy) is 2. The smallest absolute Gasteiger partial charge is 0.252 e. The van der Waals surface area contributed by atoms with Crippen molar-refractivity contribution in [3.05, 3.63) is 71.3 Å². The van der Waals surface area contributed by atoms with Crippen LogP contribution < -0.4 is 5.32 Å². The third-order valence-corrected chi connectivity index (χ3v) is 5.27. The Labute approximate surface area is 173 Å². The van der Waals surface area contributed by atoms with Crippen LogP contribution in [0.3, 0.4) is 0 Å². The predicted octanol–water partition coefficient (Wildman–Crippen LogP) is 2.07. The Morgan fingerprint density at radius 2 is 1.80 bits per heavy atom. The van der Waals surface area contributed by atoms with Crippen LogP contribution in [-0.2, 0) is 27.5 Å². The molecule has 2 aromatic rings. The molecule has 1 aliphatic carbocycles. The Kier molecular flexibility index (Phi) is 7.14. The predicted molar refractivity (Wildman–Crippen MR) is 104 cm³/mol. The van der Waals surface area contributed by atoms with Crippen LogP contribution >= 0.6 is 0 Å². The van der Waals surface area contributed by atoms with Gasteiger partial charge in [-0.15, -0.1) is 0 Å². The third-order valence-electron chi connectivity index (χ3n) is 5.27. The van der Waals surface area contributed by atoms with Gasteiger partial charge in [-0.25, -0.2) is 8.78 Å². The van der Waals surface area contributed by atoms with Crippen molar-refractivity contribution in [3.63, 3.8) is 0 Å². The lowest BCUT2D eigenvalue weighted by Crippen LogP contribution is -2.60. The van der Waals surface area contributed by atoms with E-state index in [1.54, 1.807) is 18.2 Å². The van der Waals surface area contributed by atoms with E-state index in [0.717, 1.165) is 0 Å². The van der Waals surface area contributed by atoms with Gasteiger partial charge in [0.25, 0.3) is 5.91 Å². The molecule has 0 radical (unpaired) electrons. The molecule has 0 spiro atoms. The van der Waals surface area contributed by atoms with E-state index < -0.39 is 35.6 Å². The summed E-state index contributed by atoms with van der Waals surface area (Å²) in [6.07, 6.45) is -3.53. The monoisotopic (exact) mass is 421 g/mol. The van der Waals surface area contributed by atoms with Crippen molar-refractivity contribution in [1.29, 1.82) is 0 Å². The molecule has 0 unspecified atom stereocenters. The highest BCUT2D eigenvalue weighted by atomic mass is 19.1. The van der Waals surface area contributed by atoms with Crippen LogP contribution in [-0.4, -0.2) is 47.1 Å². The van der Waals surface area contributed by atoms with Gasteiger partial charge in [0.05, 0.1) is 25.4 Å². The summed E-state index contributed by atoms with van der Waals surface area (Å²) in [5, 5.41) is 23.3. The molecule has 1 saturated carbocycles. The average molecular weight is 421 g/mol. The summed E-state index contributed by atoms with van der Waals surface area (Å²) in [6, 6.07) is 11.5. The number of rotatable bonds is 7. The van der Waals surface area contributed by atoms with Gasteiger partial charge in [-0.3, -0.25) is 4.79 Å². The minimum absolute atomic E-state index is 0.0125. The van der Waals surface area contributed by atoms with Crippen molar-refractivity contribution in [1.82, 2.24) is 5.32 Å². The standard InChI is InChI=1S/C22H25F2NO5/c1-25-21(28)22(30-13-15-3-2-4-17(24)9-15)10-18(26)20(27)19(11-22)29-12-14-5-7-16(23)8-6-14/h2-9,18-20,26-27H,10-13H2,1H3,(H,25,28)/t18-,19+,20-,22+/m1/s1. The summed E-state index contributed by atoms with van der Waals surface area (Å²) in [7, 11) is 1.45. The number of hydrogen-bond acceptors (Lipinski definition) is 5. The second-order valence-electron chi connectivity index (χ2n) is 7.43. The summed E-state index contributed by atoms with van der Waals surface area (Å²) in [6.45, 7) is 0.00112. The Balaban J connectivity index is 1.75. The summed E-state index contributed by atoms with van der Waals surface area (Å²) < 4.78 is 38.2. The molecular formula is C22H25F2NO5. The molecule has 0 aliphatic heterocycles. The summed E-state index contributed by atoms with van der Waals surface area (Å²) in [5.74, 6) is -1.28. The molecule has 2 aromatic carbocycles. The van der Waals surface area contributed by atoms with E-state index in [9.17, 15) is 23.8 Å². The molecule has 0 aromatic heterocycles. The number of aliphatic hydroxyl groups is 2. The molecule has 4 atom stereocenters. The van der Waals surface area contributed by atoms with Gasteiger partial charge in [0.15, 0.2) is 5.60 Å². The van der Waals surface area contributed by atoms with Gasteiger partial charge in [0.2, 0.25) is 0 Å². The largest absolute Gasteiger partial charge is 0.390 e. The van der Waals surface area contributed by atoms with Gasteiger partial charge in [-0.05, 0) is 35.4 Å². The summed E-state index contributed by atoms with van der Waals surface area (Å²) >= 11 is 0. The quantitative estimate of drug-likeness (QED) is 0.637. The summed E-state index contributed by atoms with van der Waals surface area (Å²) in [5.41, 5.74) is -0.259. The fraction of sp³-hybridized carbons (Fsp3) is 0.409. The fourth-order valence-electron chi connectivity index (χ4n) is 3.62. The molecule has 162 valence electrons. The lowest BCUT2D eigenvalue weighted by Gasteiger charge is -2.43. The Bertz CT molecular complexity index is 863. The highest BCUT2D eigenvalue weighted by molar-refractivity contribution is 5.85. The number of carbonyl (C=O) groups is 1. The number of hydrogen-bond donors (Lipinski definition) is 3. The second-order valence-corrected chi connectivity index (χ2v) is 7.43. The zero-order chi connectivity index (χ0) is 21.7. The maximum absolute atomic E-state index is 13.5. The van der Waals surface area contributed by atoms with Crippen LogP contribution in [0.1, 0.15) is 24.0 Å². The highest BCUT2D eigenvalue weighted by Gasteiger charge is 2.51. The van der Waals surface area contributed by atoms with Crippen LogP contribution in [0, 0.1) is 11.6 Å². The SMILES string of the molecule is CNC(=O)[C@]1(OCc2cccc(F)c2)C[C@@H](O)[C@@H](O)[C@@H](OCc2ccc(F)cc2)C1. The van der Waals surface area contributed by atoms with Gasteiger partial charge >= 0.3 is 0 Å². The van der Waals surface area contributed by atoms with Crippen LogP contribution in [0.5, 0.6) is 0 Å². The molecule has 1 aliphatic rings. The van der Waals surface area contributed by atoms with Gasteiger partial charge < -0.3 is 25.0 Å². The molecular weight excluding hydrogens is 396 g/mol. The van der Waals surface area contributed by atoms with Gasteiger partial charge in [0.1, 0.15) is 17.7 Å². The number of halogens is 2. The molecule has 0 saturated heterocycles. The third kappa shape index (κ3) is 5.20. The minimum atomic E-state index is -1.47. The maximum Gasteiger partial charge on any atom is 0.252 e. The van der Waals surface area contributed by atoms with E-state index in [1.165, 1.54) is 37.4 Å². The first-order valence-electron chi connectivity index (χ1n) is 9.66. The molecule has 3 N–H and O–H groups in total. The molecule has 1 fully saturated rings. The van der Waals surface area contributed by atoms with Crippen molar-refractivity contribution >= 4 is 5.91 Å². The zero-order valence-corrected chi connectivity index (χ0v) is 16.6. The van der Waals surface area contributed by atoms with Crippen LogP contribution in [0.2, 0.25) is 0 Å². The van der Waals surface area contributed by atoms with E-state index in [2.05, 4.69) is 5.32 Å². The summed E-state index contributed by atoms with van der Waals surface area (Å²) in [4.78, 5) is 12.7. The van der Waals surface area contributed by atoms with Gasteiger partial charge in [-0.1, -0.05) is 24.3 Å². The van der Waals surface area contributed by atoms with Crippen LogP contribution in [0.25, 0.3) is 0 Å². The van der Waals surface area contributed by atoms with Crippen molar-refractivity contribution < 1.29 is 33.3 Å². The fourth-order valence-corrected chi connectivity index (χ4v) is 3.62. The maximum atomic E-state index is 13.5. The normalized spacial score (nSPS) is 26.4. The van der Waals surface area contributed by atoms with E-state index in [0.29, 0.717) is 11.1 Å². The molecule has 30 heavy (non-hydrogen) atoms. The molecule has 1 amide bonds. The average Bonchev–Trinajstić information content (AvgIpc) is 2.74. The van der Waals surface area contributed by atoms with Crippen molar-refractivity contribution in [2.45, 2.75) is 50.0 Å². The van der Waals surface area contributed by atoms with E-state index in [-0.39, 0.29) is 31.9 Å². The number of amides is 1. The number of likely N-dealkylation sites (N-methyl/N-ethyl adjacent to an activating group) is 1. The van der Waals surface area contributed by atoms with Crippen molar-refractivity contribution in [3.8, 4) is 0 Å². The number of nitrogens with one attached hydrogen (secondary N) is 1. The van der Waals surface area contributed by atoms with Crippen molar-refractivity contribution in [2.24, 2.45) is 0 Å². The lowest BCUT2D eigenvalue weighted by molar-refractivity contribution is -0.199. The molecule has 0 bridgehead atoms.